The molecule has 1 heterocycles. The summed E-state index contributed by atoms with van der Waals surface area (Å²) in [6.07, 6.45) is 2.13. The van der Waals surface area contributed by atoms with Gasteiger partial charge in [0.25, 0.3) is 0 Å². The van der Waals surface area contributed by atoms with Crippen LogP contribution in [0.4, 0.5) is 0 Å². The molecule has 0 spiro atoms. The second-order valence-corrected chi connectivity index (χ2v) is 5.67. The van der Waals surface area contributed by atoms with Crippen molar-refractivity contribution >= 4 is 21.8 Å². The predicted octanol–water partition coefficient (Wildman–Crippen LogP) is 2.66. The van der Waals surface area contributed by atoms with E-state index in [9.17, 15) is 4.79 Å². The number of carbonyl (C=O) groups excluding carboxylic acids is 1. The third-order valence-corrected chi connectivity index (χ3v) is 3.85. The van der Waals surface area contributed by atoms with Crippen LogP contribution in [0.1, 0.15) is 33.6 Å². The summed E-state index contributed by atoms with van der Waals surface area (Å²) in [5.74, 6) is 1.57. The van der Waals surface area contributed by atoms with Crippen molar-refractivity contribution in [2.75, 3.05) is 13.1 Å². The van der Waals surface area contributed by atoms with Crippen LogP contribution in [0, 0.1) is 11.8 Å². The van der Waals surface area contributed by atoms with E-state index in [2.05, 4.69) is 29.8 Å². The zero-order chi connectivity index (χ0) is 10.7. The van der Waals surface area contributed by atoms with Gasteiger partial charge in [-0.15, -0.1) is 0 Å². The predicted molar refractivity (Wildman–Crippen MR) is 62.5 cm³/mol. The second-order valence-electron chi connectivity index (χ2n) is 4.57. The smallest absolute Gasteiger partial charge is 0.236 e. The number of hydrogen-bond acceptors (Lipinski definition) is 1. The van der Waals surface area contributed by atoms with Crippen LogP contribution in [0.5, 0.6) is 0 Å². The number of hydrogen-bond donors (Lipinski definition) is 0. The summed E-state index contributed by atoms with van der Waals surface area (Å²) in [5.41, 5.74) is 0. The average molecular weight is 262 g/mol. The molecule has 0 unspecified atom stereocenters. The van der Waals surface area contributed by atoms with Crippen molar-refractivity contribution in [3.8, 4) is 0 Å². The number of halogens is 1. The van der Waals surface area contributed by atoms with Crippen LogP contribution in [0.2, 0.25) is 0 Å². The van der Waals surface area contributed by atoms with E-state index < -0.39 is 0 Å². The molecule has 1 aliphatic heterocycles. The van der Waals surface area contributed by atoms with E-state index in [0.717, 1.165) is 19.5 Å². The summed E-state index contributed by atoms with van der Waals surface area (Å²) in [6, 6.07) is 0. The first-order chi connectivity index (χ1) is 6.54. The molecular formula is C11H20BrNO. The highest BCUT2D eigenvalue weighted by molar-refractivity contribution is 9.10. The Labute approximate surface area is 95.2 Å². The fraction of sp³-hybridized carbons (Fsp3) is 0.909. The van der Waals surface area contributed by atoms with E-state index >= 15 is 0 Å². The first kappa shape index (κ1) is 12.0. The molecule has 3 atom stereocenters. The Balaban J connectivity index is 2.54. The van der Waals surface area contributed by atoms with Crippen molar-refractivity contribution in [2.45, 2.75) is 38.4 Å². The normalized spacial score (nSPS) is 30.1. The van der Waals surface area contributed by atoms with Crippen LogP contribution in [0.3, 0.4) is 0 Å². The highest BCUT2D eigenvalue weighted by atomic mass is 79.9. The Kier molecular flexibility index (Phi) is 4.42. The van der Waals surface area contributed by atoms with E-state index in [1.165, 1.54) is 6.42 Å². The highest BCUT2D eigenvalue weighted by Gasteiger charge is 2.27. The van der Waals surface area contributed by atoms with Gasteiger partial charge in [-0.1, -0.05) is 36.7 Å². The van der Waals surface area contributed by atoms with Crippen molar-refractivity contribution in [3.63, 3.8) is 0 Å². The number of rotatable bonds is 2. The lowest BCUT2D eigenvalue weighted by atomic mass is 9.91. The molecule has 0 aromatic carbocycles. The van der Waals surface area contributed by atoms with E-state index in [1.54, 1.807) is 0 Å². The SMILES string of the molecule is CC[C@@H](Br)C(=O)N1C[C@H](C)C[C@H](C)C1. The Morgan fingerprint density at radius 1 is 1.43 bits per heavy atom. The number of nitrogens with zero attached hydrogens (tertiary/aromatic N) is 1. The maximum Gasteiger partial charge on any atom is 0.236 e. The summed E-state index contributed by atoms with van der Waals surface area (Å²) >= 11 is 3.43. The summed E-state index contributed by atoms with van der Waals surface area (Å²) in [4.78, 5) is 13.9. The molecule has 0 N–H and O–H groups in total. The average Bonchev–Trinajstić information content (AvgIpc) is 2.14. The van der Waals surface area contributed by atoms with Crippen molar-refractivity contribution in [1.29, 1.82) is 0 Å². The minimum atomic E-state index is 0.0139. The summed E-state index contributed by atoms with van der Waals surface area (Å²) in [6.45, 7) is 8.36. The monoisotopic (exact) mass is 261 g/mol. The van der Waals surface area contributed by atoms with E-state index in [4.69, 9.17) is 0 Å². The van der Waals surface area contributed by atoms with Gasteiger partial charge < -0.3 is 4.90 Å². The molecule has 3 heteroatoms. The van der Waals surface area contributed by atoms with Crippen LogP contribution in [-0.4, -0.2) is 28.7 Å². The third-order valence-electron chi connectivity index (χ3n) is 2.81. The molecule has 1 rings (SSSR count). The lowest BCUT2D eigenvalue weighted by Crippen LogP contribution is -2.45. The van der Waals surface area contributed by atoms with Crippen molar-refractivity contribution in [2.24, 2.45) is 11.8 Å². The molecule has 0 radical (unpaired) electrons. The lowest BCUT2D eigenvalue weighted by molar-refractivity contribution is -0.133. The Morgan fingerprint density at radius 2 is 1.93 bits per heavy atom. The van der Waals surface area contributed by atoms with Gasteiger partial charge in [0.05, 0.1) is 4.83 Å². The van der Waals surface area contributed by atoms with Crippen LogP contribution in [-0.2, 0) is 4.79 Å². The largest absolute Gasteiger partial charge is 0.341 e. The Morgan fingerprint density at radius 3 is 2.36 bits per heavy atom. The molecule has 2 nitrogen and oxygen atoms in total. The summed E-state index contributed by atoms with van der Waals surface area (Å²) in [7, 11) is 0. The molecule has 0 aromatic heterocycles. The van der Waals surface area contributed by atoms with Gasteiger partial charge in [-0.3, -0.25) is 4.79 Å². The topological polar surface area (TPSA) is 20.3 Å². The number of alkyl halides is 1. The van der Waals surface area contributed by atoms with Gasteiger partial charge in [-0.2, -0.15) is 0 Å². The molecule has 1 fully saturated rings. The van der Waals surface area contributed by atoms with E-state index in [1.807, 2.05) is 11.8 Å². The van der Waals surface area contributed by atoms with E-state index in [-0.39, 0.29) is 10.7 Å². The fourth-order valence-electron chi connectivity index (χ4n) is 2.22. The molecule has 14 heavy (non-hydrogen) atoms. The van der Waals surface area contributed by atoms with Crippen molar-refractivity contribution < 1.29 is 4.79 Å². The van der Waals surface area contributed by atoms with Gasteiger partial charge in [0.1, 0.15) is 0 Å². The van der Waals surface area contributed by atoms with Crippen molar-refractivity contribution in [1.82, 2.24) is 4.90 Å². The fourth-order valence-corrected chi connectivity index (χ4v) is 2.51. The minimum Gasteiger partial charge on any atom is -0.341 e. The number of likely N-dealkylation sites (tertiary alicyclic amines) is 1. The van der Waals surface area contributed by atoms with Crippen LogP contribution < -0.4 is 0 Å². The first-order valence-electron chi connectivity index (χ1n) is 5.47. The maximum atomic E-state index is 11.9. The minimum absolute atomic E-state index is 0.0139. The molecule has 1 saturated heterocycles. The molecular weight excluding hydrogens is 242 g/mol. The van der Waals surface area contributed by atoms with Crippen molar-refractivity contribution in [3.05, 3.63) is 0 Å². The summed E-state index contributed by atoms with van der Waals surface area (Å²) < 4.78 is 0. The zero-order valence-electron chi connectivity index (χ0n) is 9.29. The molecule has 0 aliphatic carbocycles. The van der Waals surface area contributed by atoms with Gasteiger partial charge in [-0.25, -0.2) is 0 Å². The maximum absolute atomic E-state index is 11.9. The van der Waals surface area contributed by atoms with Crippen LogP contribution >= 0.6 is 15.9 Å². The van der Waals surface area contributed by atoms with Crippen LogP contribution in [0.15, 0.2) is 0 Å². The Hall–Kier alpha value is -0.0500. The molecule has 1 amide bonds. The molecule has 1 aliphatic rings. The zero-order valence-corrected chi connectivity index (χ0v) is 10.9. The molecule has 82 valence electrons. The standard InChI is InChI=1S/C11H20BrNO/c1-4-10(12)11(14)13-6-8(2)5-9(3)7-13/h8-10H,4-7H2,1-3H3/t8-,9+,10-/m1/s1. The second kappa shape index (κ2) is 5.15. The number of amides is 1. The van der Waals surface area contributed by atoms with Crippen LogP contribution in [0.25, 0.3) is 0 Å². The van der Waals surface area contributed by atoms with Gasteiger partial charge in [0.2, 0.25) is 5.91 Å². The van der Waals surface area contributed by atoms with Gasteiger partial charge >= 0.3 is 0 Å². The molecule has 0 saturated carbocycles. The third kappa shape index (κ3) is 2.97. The van der Waals surface area contributed by atoms with Gasteiger partial charge in [0, 0.05) is 13.1 Å². The quantitative estimate of drug-likeness (QED) is 0.700. The van der Waals surface area contributed by atoms with E-state index in [0.29, 0.717) is 11.8 Å². The number of piperidine rings is 1. The molecule has 0 bridgehead atoms. The number of carbonyl (C=O) groups is 1. The highest BCUT2D eigenvalue weighted by Crippen LogP contribution is 2.22. The summed E-state index contributed by atoms with van der Waals surface area (Å²) in [5, 5.41) is 0. The Bertz CT molecular complexity index is 197. The van der Waals surface area contributed by atoms with Gasteiger partial charge in [-0.05, 0) is 24.7 Å². The lowest BCUT2D eigenvalue weighted by Gasteiger charge is -2.36. The van der Waals surface area contributed by atoms with Gasteiger partial charge in [0.15, 0.2) is 0 Å². The molecule has 0 aromatic rings. The first-order valence-corrected chi connectivity index (χ1v) is 6.39.